The molecule has 2 aliphatic rings. The molecule has 4 nitrogen and oxygen atoms in total. The predicted octanol–water partition coefficient (Wildman–Crippen LogP) is 3.90. The van der Waals surface area contributed by atoms with Crippen LogP contribution in [0.15, 0.2) is 22.7 Å². The fourth-order valence-electron chi connectivity index (χ4n) is 4.66. The van der Waals surface area contributed by atoms with Crippen molar-refractivity contribution >= 4 is 21.8 Å². The first-order valence-corrected chi connectivity index (χ1v) is 11.4. The lowest BCUT2D eigenvalue weighted by Gasteiger charge is -2.34. The van der Waals surface area contributed by atoms with Crippen LogP contribution in [0.1, 0.15) is 50.5 Å². The number of hydrogen-bond donors (Lipinski definition) is 2. The maximum Gasteiger partial charge on any atom is 0.245 e. The number of hydrogen-bond acceptors (Lipinski definition) is 3. The number of nitrogens with one attached hydrogen (secondary N) is 1. The van der Waals surface area contributed by atoms with Gasteiger partial charge in [0.25, 0.3) is 0 Å². The number of likely N-dealkylation sites (tertiary alicyclic amines) is 1. The molecular formula is C22H32BrFN2O2. The van der Waals surface area contributed by atoms with Crippen molar-refractivity contribution in [3.63, 3.8) is 0 Å². The van der Waals surface area contributed by atoms with Crippen LogP contribution in [0.2, 0.25) is 0 Å². The van der Waals surface area contributed by atoms with Crippen LogP contribution in [0.5, 0.6) is 0 Å². The lowest BCUT2D eigenvalue weighted by Crippen LogP contribution is -2.40. The number of carbonyl (C=O) groups excluding carboxylic acids is 1. The average molecular weight is 455 g/mol. The van der Waals surface area contributed by atoms with Gasteiger partial charge >= 0.3 is 0 Å². The summed E-state index contributed by atoms with van der Waals surface area (Å²) in [5.41, 5.74) is 1.09. The van der Waals surface area contributed by atoms with E-state index in [1.807, 2.05) is 6.07 Å². The van der Waals surface area contributed by atoms with Crippen LogP contribution in [0.25, 0.3) is 0 Å². The summed E-state index contributed by atoms with van der Waals surface area (Å²) in [6.07, 6.45) is 8.95. The molecule has 1 aromatic carbocycles. The van der Waals surface area contributed by atoms with Crippen LogP contribution in [0.4, 0.5) is 4.39 Å². The summed E-state index contributed by atoms with van der Waals surface area (Å²) < 4.78 is 14.5. The van der Waals surface area contributed by atoms with Crippen molar-refractivity contribution in [2.75, 3.05) is 26.2 Å². The number of amides is 1. The van der Waals surface area contributed by atoms with E-state index in [-0.39, 0.29) is 17.8 Å². The molecule has 2 fully saturated rings. The van der Waals surface area contributed by atoms with Crippen molar-refractivity contribution in [2.24, 2.45) is 11.8 Å². The van der Waals surface area contributed by atoms with E-state index in [1.165, 1.54) is 38.2 Å². The first-order chi connectivity index (χ1) is 13.5. The zero-order valence-electron chi connectivity index (χ0n) is 16.5. The Bertz CT molecular complexity index is 641. The van der Waals surface area contributed by atoms with Gasteiger partial charge in [-0.3, -0.25) is 4.79 Å². The molecule has 0 unspecified atom stereocenters. The largest absolute Gasteiger partial charge is 0.387 e. The number of halogens is 2. The molecule has 1 aliphatic heterocycles. The summed E-state index contributed by atoms with van der Waals surface area (Å²) in [6, 6.07) is 5.22. The molecule has 28 heavy (non-hydrogen) atoms. The second kappa shape index (κ2) is 10.7. The Balaban J connectivity index is 1.33. The van der Waals surface area contributed by atoms with Gasteiger partial charge in [-0.25, -0.2) is 4.39 Å². The van der Waals surface area contributed by atoms with Crippen molar-refractivity contribution in [1.29, 1.82) is 0 Å². The molecular weight excluding hydrogens is 423 g/mol. The molecule has 0 aromatic heterocycles. The molecule has 3 rings (SSSR count). The highest BCUT2D eigenvalue weighted by Crippen LogP contribution is 2.29. The molecule has 0 bridgehead atoms. The van der Waals surface area contributed by atoms with Gasteiger partial charge in [-0.05, 0) is 107 Å². The van der Waals surface area contributed by atoms with Crippen molar-refractivity contribution < 1.29 is 14.3 Å². The van der Waals surface area contributed by atoms with Crippen LogP contribution in [-0.2, 0) is 11.2 Å². The van der Waals surface area contributed by atoms with Crippen molar-refractivity contribution in [3.05, 3.63) is 34.1 Å². The quantitative estimate of drug-likeness (QED) is 0.656. The third-order valence-electron chi connectivity index (χ3n) is 6.43. The molecule has 0 atom stereocenters. The molecule has 1 saturated heterocycles. The highest BCUT2D eigenvalue weighted by atomic mass is 79.9. The topological polar surface area (TPSA) is 52.6 Å². The maximum absolute atomic E-state index is 13.5. The van der Waals surface area contributed by atoms with Gasteiger partial charge in [-0.15, -0.1) is 0 Å². The van der Waals surface area contributed by atoms with Gasteiger partial charge in [0, 0.05) is 10.5 Å². The smallest absolute Gasteiger partial charge is 0.245 e. The number of rotatable bonds is 7. The molecule has 1 aliphatic carbocycles. The van der Waals surface area contributed by atoms with E-state index >= 15 is 0 Å². The fourth-order valence-corrected chi connectivity index (χ4v) is 5.07. The summed E-state index contributed by atoms with van der Waals surface area (Å²) in [5.74, 6) is 0.987. The maximum atomic E-state index is 13.5. The molecule has 1 saturated carbocycles. The zero-order valence-corrected chi connectivity index (χ0v) is 18.1. The second-order valence-electron chi connectivity index (χ2n) is 8.46. The molecule has 1 amide bonds. The predicted molar refractivity (Wildman–Crippen MR) is 113 cm³/mol. The van der Waals surface area contributed by atoms with E-state index in [4.69, 9.17) is 5.11 Å². The lowest BCUT2D eigenvalue weighted by molar-refractivity contribution is -0.124. The normalized spacial score (nSPS) is 24.2. The Morgan fingerprint density at radius 2 is 1.86 bits per heavy atom. The summed E-state index contributed by atoms with van der Waals surface area (Å²) in [4.78, 5) is 13.9. The second-order valence-corrected chi connectivity index (χ2v) is 9.31. The molecule has 1 aromatic rings. The first-order valence-electron chi connectivity index (χ1n) is 10.6. The Kier molecular flexibility index (Phi) is 8.30. The van der Waals surface area contributed by atoms with Crippen molar-refractivity contribution in [3.8, 4) is 0 Å². The minimum atomic E-state index is -0.411. The van der Waals surface area contributed by atoms with Gasteiger partial charge in [0.05, 0.1) is 0 Å². The summed E-state index contributed by atoms with van der Waals surface area (Å²) in [5, 5.41) is 11.7. The monoisotopic (exact) mass is 454 g/mol. The lowest BCUT2D eigenvalue weighted by atomic mass is 9.83. The molecule has 156 valence electrons. The molecule has 1 heterocycles. The number of aliphatic hydroxyl groups excluding tert-OH is 1. The number of benzene rings is 1. The highest BCUT2D eigenvalue weighted by Gasteiger charge is 2.24. The third kappa shape index (κ3) is 6.53. The fraction of sp³-hybridized carbons (Fsp3) is 0.682. The van der Waals surface area contributed by atoms with Gasteiger partial charge in [0.1, 0.15) is 12.4 Å². The number of aliphatic hydroxyl groups is 1. The average Bonchev–Trinajstić information content (AvgIpc) is 2.71. The van der Waals surface area contributed by atoms with Gasteiger partial charge in [0.2, 0.25) is 5.91 Å². The standard InChI is InChI=1S/C22H32BrFN2O2/c23-21-6-3-19(24)14-18(21)13-17-8-11-26(12-9-17)10-7-16-1-4-20(5-2-16)25-22(28)15-27/h3,6,14,16-17,20,27H,1-2,4-5,7-13,15H2,(H,25,28). The van der Waals surface area contributed by atoms with Crippen LogP contribution in [0, 0.1) is 17.7 Å². The molecule has 0 spiro atoms. The molecule has 2 N–H and O–H groups in total. The minimum absolute atomic E-state index is 0.152. The number of piperidine rings is 1. The van der Waals surface area contributed by atoms with Crippen LogP contribution in [0.3, 0.4) is 0 Å². The SMILES string of the molecule is O=C(CO)NC1CCC(CCN2CCC(Cc3cc(F)ccc3Br)CC2)CC1. The summed E-state index contributed by atoms with van der Waals surface area (Å²) in [6.45, 7) is 3.03. The Morgan fingerprint density at radius 1 is 1.14 bits per heavy atom. The van der Waals surface area contributed by atoms with E-state index in [2.05, 4.69) is 26.1 Å². The number of carbonyl (C=O) groups is 1. The van der Waals surface area contributed by atoms with Gasteiger partial charge in [-0.1, -0.05) is 15.9 Å². The Labute approximate surface area is 176 Å². The van der Waals surface area contributed by atoms with Gasteiger partial charge < -0.3 is 15.3 Å². The van der Waals surface area contributed by atoms with Crippen LogP contribution >= 0.6 is 15.9 Å². The first kappa shape index (κ1) is 21.7. The van der Waals surface area contributed by atoms with Crippen LogP contribution < -0.4 is 5.32 Å². The van der Waals surface area contributed by atoms with E-state index in [0.29, 0.717) is 5.92 Å². The molecule has 6 heteroatoms. The number of nitrogens with zero attached hydrogens (tertiary/aromatic N) is 1. The minimum Gasteiger partial charge on any atom is -0.387 e. The Morgan fingerprint density at radius 3 is 2.54 bits per heavy atom. The van der Waals surface area contributed by atoms with Gasteiger partial charge in [0.15, 0.2) is 0 Å². The van der Waals surface area contributed by atoms with Crippen molar-refractivity contribution in [2.45, 2.75) is 57.4 Å². The summed E-state index contributed by atoms with van der Waals surface area (Å²) >= 11 is 3.55. The van der Waals surface area contributed by atoms with E-state index < -0.39 is 6.61 Å². The van der Waals surface area contributed by atoms with E-state index in [0.717, 1.165) is 54.9 Å². The van der Waals surface area contributed by atoms with E-state index in [9.17, 15) is 9.18 Å². The van der Waals surface area contributed by atoms with E-state index in [1.54, 1.807) is 6.07 Å². The Hall–Kier alpha value is -0.980. The highest BCUT2D eigenvalue weighted by molar-refractivity contribution is 9.10. The molecule has 0 radical (unpaired) electrons. The van der Waals surface area contributed by atoms with Crippen LogP contribution in [-0.4, -0.2) is 48.2 Å². The van der Waals surface area contributed by atoms with Gasteiger partial charge in [-0.2, -0.15) is 0 Å². The zero-order chi connectivity index (χ0) is 19.9. The summed E-state index contributed by atoms with van der Waals surface area (Å²) in [7, 11) is 0. The van der Waals surface area contributed by atoms with Crippen molar-refractivity contribution in [1.82, 2.24) is 10.2 Å². The third-order valence-corrected chi connectivity index (χ3v) is 7.21.